The first kappa shape index (κ1) is 20.4. The molecule has 0 saturated carbocycles. The van der Waals surface area contributed by atoms with Gasteiger partial charge in [-0.1, -0.05) is 47.5 Å². The van der Waals surface area contributed by atoms with Crippen molar-refractivity contribution < 1.29 is 9.53 Å². The van der Waals surface area contributed by atoms with Crippen molar-refractivity contribution in [3.63, 3.8) is 0 Å². The minimum absolute atomic E-state index is 0.368. The number of allylic oxidation sites excluding steroid dienone is 2. The predicted octanol–water partition coefficient (Wildman–Crippen LogP) is 6.37. The molecule has 0 aliphatic rings. The minimum Gasteiger partial charge on any atom is -0.455 e. The van der Waals surface area contributed by atoms with Crippen LogP contribution in [0.5, 0.6) is 0 Å². The molecule has 6 heteroatoms. The average Bonchev–Trinajstić information content (AvgIpc) is 2.59. The Morgan fingerprint density at radius 3 is 2.69 bits per heavy atom. The highest BCUT2D eigenvalue weighted by molar-refractivity contribution is 9.10. The molecular weight excluding hydrogens is 437 g/mol. The molecule has 0 unspecified atom stereocenters. The molecule has 2 rings (SSSR count). The van der Waals surface area contributed by atoms with Gasteiger partial charge in [0, 0.05) is 26.8 Å². The fourth-order valence-electron chi connectivity index (χ4n) is 1.91. The topological polar surface area (TPSA) is 39.2 Å². The molecule has 0 spiro atoms. The van der Waals surface area contributed by atoms with Gasteiger partial charge in [0.1, 0.15) is 6.10 Å². The summed E-state index contributed by atoms with van der Waals surface area (Å²) < 4.78 is 6.17. The van der Waals surface area contributed by atoms with Gasteiger partial charge < -0.3 is 4.74 Å². The van der Waals surface area contributed by atoms with Gasteiger partial charge in [-0.3, -0.25) is 4.98 Å². The van der Waals surface area contributed by atoms with Crippen molar-refractivity contribution in [3.8, 4) is 0 Å². The molecule has 1 aromatic heterocycles. The van der Waals surface area contributed by atoms with Crippen molar-refractivity contribution in [2.75, 3.05) is 0 Å². The van der Waals surface area contributed by atoms with Crippen LogP contribution in [-0.4, -0.2) is 17.1 Å². The second-order valence-electron chi connectivity index (χ2n) is 5.29. The number of aromatic nitrogens is 1. The van der Waals surface area contributed by atoms with Crippen LogP contribution in [0.1, 0.15) is 18.2 Å². The number of rotatable bonds is 6. The van der Waals surface area contributed by atoms with E-state index in [0.717, 1.165) is 15.7 Å². The van der Waals surface area contributed by atoms with Crippen LogP contribution >= 0.6 is 39.1 Å². The Morgan fingerprint density at radius 1 is 1.19 bits per heavy atom. The molecule has 26 heavy (non-hydrogen) atoms. The summed E-state index contributed by atoms with van der Waals surface area (Å²) in [6.07, 6.45) is 11.4. The van der Waals surface area contributed by atoms with Gasteiger partial charge in [-0.25, -0.2) is 4.79 Å². The Balaban J connectivity index is 1.84. The zero-order chi connectivity index (χ0) is 18.9. The number of hydrogen-bond donors (Lipinski definition) is 0. The van der Waals surface area contributed by atoms with E-state index in [0.29, 0.717) is 10.0 Å². The van der Waals surface area contributed by atoms with Crippen LogP contribution in [0, 0.1) is 0 Å². The second-order valence-corrected chi connectivity index (χ2v) is 7.05. The smallest absolute Gasteiger partial charge is 0.331 e. The third kappa shape index (κ3) is 7.16. The molecule has 3 nitrogen and oxygen atoms in total. The fourth-order valence-corrected chi connectivity index (χ4v) is 2.62. The van der Waals surface area contributed by atoms with Crippen molar-refractivity contribution in [1.29, 1.82) is 0 Å². The molecule has 0 aliphatic heterocycles. The lowest BCUT2D eigenvalue weighted by Gasteiger charge is -2.06. The van der Waals surface area contributed by atoms with Crippen molar-refractivity contribution in [3.05, 3.63) is 86.6 Å². The first-order valence-corrected chi connectivity index (χ1v) is 9.29. The third-order valence-corrected chi connectivity index (χ3v) is 4.20. The monoisotopic (exact) mass is 451 g/mol. The fraction of sp³-hybridized carbons (Fsp3) is 0.100. The summed E-state index contributed by atoms with van der Waals surface area (Å²) in [5.74, 6) is -0.433. The van der Waals surface area contributed by atoms with Crippen LogP contribution in [0.15, 0.2) is 65.3 Å². The van der Waals surface area contributed by atoms with E-state index in [1.165, 1.54) is 6.08 Å². The minimum atomic E-state index is -0.433. The Bertz CT molecular complexity index is 845. The van der Waals surface area contributed by atoms with Crippen molar-refractivity contribution in [2.24, 2.45) is 0 Å². The Hall–Kier alpha value is -1.88. The van der Waals surface area contributed by atoms with Gasteiger partial charge >= 0.3 is 5.97 Å². The van der Waals surface area contributed by atoms with Gasteiger partial charge in [-0.2, -0.15) is 0 Å². The Morgan fingerprint density at radius 2 is 2.00 bits per heavy atom. The van der Waals surface area contributed by atoms with Gasteiger partial charge in [0.25, 0.3) is 0 Å². The number of carbonyl (C=O) groups excluding carboxylic acids is 1. The maximum Gasteiger partial charge on any atom is 0.331 e. The predicted molar refractivity (Wildman–Crippen MR) is 111 cm³/mol. The largest absolute Gasteiger partial charge is 0.455 e. The molecule has 0 amide bonds. The van der Waals surface area contributed by atoms with Crippen LogP contribution < -0.4 is 0 Å². The SMILES string of the molecule is C[C@H](C=Cc1ccc(Br)cn1)OC(=O)C=CC=Cc1ccc(Cl)cc1Cl. The van der Waals surface area contributed by atoms with Crippen molar-refractivity contribution >= 4 is 57.3 Å². The number of esters is 1. The highest BCUT2D eigenvalue weighted by Gasteiger charge is 2.02. The van der Waals surface area contributed by atoms with Gasteiger partial charge in [0.2, 0.25) is 0 Å². The zero-order valence-electron chi connectivity index (χ0n) is 13.9. The summed E-state index contributed by atoms with van der Waals surface area (Å²) in [5.41, 5.74) is 1.60. The molecule has 1 heterocycles. The Labute approximate surface area is 171 Å². The first-order valence-electron chi connectivity index (χ1n) is 7.74. The molecule has 0 saturated heterocycles. The average molecular weight is 453 g/mol. The number of ether oxygens (including phenoxy) is 1. The number of pyridine rings is 1. The normalized spacial score (nSPS) is 12.9. The van der Waals surface area contributed by atoms with E-state index in [1.807, 2.05) is 12.1 Å². The summed E-state index contributed by atoms with van der Waals surface area (Å²) in [6.45, 7) is 1.78. The van der Waals surface area contributed by atoms with E-state index in [1.54, 1.807) is 61.7 Å². The lowest BCUT2D eigenvalue weighted by molar-refractivity contribution is -0.140. The van der Waals surface area contributed by atoms with Crippen molar-refractivity contribution in [2.45, 2.75) is 13.0 Å². The van der Waals surface area contributed by atoms with E-state index in [4.69, 9.17) is 27.9 Å². The molecule has 0 fully saturated rings. The summed E-state index contributed by atoms with van der Waals surface area (Å²) in [6, 6.07) is 8.97. The standard InChI is InChI=1S/C20H16BrCl2NO2/c1-14(6-10-18-11-8-16(21)13-24-18)26-20(25)5-3-2-4-15-7-9-17(22)12-19(15)23/h2-14H,1H3/t14-/m1/s1. The molecule has 0 radical (unpaired) electrons. The summed E-state index contributed by atoms with van der Waals surface area (Å²) >= 11 is 15.2. The molecule has 0 bridgehead atoms. The quantitative estimate of drug-likeness (QED) is 0.290. The van der Waals surface area contributed by atoms with Crippen LogP contribution in [0.4, 0.5) is 0 Å². The third-order valence-electron chi connectivity index (χ3n) is 3.17. The number of benzene rings is 1. The van der Waals surface area contributed by atoms with Crippen LogP contribution in [0.25, 0.3) is 12.2 Å². The van der Waals surface area contributed by atoms with Crippen LogP contribution in [0.2, 0.25) is 10.0 Å². The summed E-state index contributed by atoms with van der Waals surface area (Å²) in [5, 5.41) is 1.12. The van der Waals surface area contributed by atoms with E-state index >= 15 is 0 Å². The van der Waals surface area contributed by atoms with Gasteiger partial charge in [-0.05, 0) is 64.8 Å². The zero-order valence-corrected chi connectivity index (χ0v) is 17.0. The lowest BCUT2D eigenvalue weighted by atomic mass is 10.2. The number of hydrogen-bond acceptors (Lipinski definition) is 3. The van der Waals surface area contributed by atoms with E-state index in [-0.39, 0.29) is 6.10 Å². The summed E-state index contributed by atoms with van der Waals surface area (Å²) in [4.78, 5) is 16.0. The van der Waals surface area contributed by atoms with Gasteiger partial charge in [0.15, 0.2) is 0 Å². The maximum atomic E-state index is 11.8. The highest BCUT2D eigenvalue weighted by atomic mass is 79.9. The molecule has 1 atom stereocenters. The highest BCUT2D eigenvalue weighted by Crippen LogP contribution is 2.21. The van der Waals surface area contributed by atoms with Gasteiger partial charge in [-0.15, -0.1) is 0 Å². The molecule has 134 valence electrons. The molecule has 1 aromatic carbocycles. The second kappa shape index (κ2) is 10.3. The Kier molecular flexibility index (Phi) is 8.10. The molecule has 2 aromatic rings. The maximum absolute atomic E-state index is 11.8. The number of halogens is 3. The van der Waals surface area contributed by atoms with Crippen LogP contribution in [0.3, 0.4) is 0 Å². The van der Waals surface area contributed by atoms with Crippen LogP contribution in [-0.2, 0) is 9.53 Å². The number of nitrogens with zero attached hydrogens (tertiary/aromatic N) is 1. The molecular formula is C20H16BrCl2NO2. The first-order chi connectivity index (χ1) is 12.4. The van der Waals surface area contributed by atoms with Gasteiger partial charge in [0.05, 0.1) is 5.69 Å². The molecule has 0 N–H and O–H groups in total. The summed E-state index contributed by atoms with van der Waals surface area (Å²) in [7, 11) is 0. The van der Waals surface area contributed by atoms with E-state index < -0.39 is 5.97 Å². The van der Waals surface area contributed by atoms with E-state index in [2.05, 4.69) is 20.9 Å². The lowest BCUT2D eigenvalue weighted by Crippen LogP contribution is -2.09. The van der Waals surface area contributed by atoms with E-state index in [9.17, 15) is 4.79 Å². The number of carbonyl (C=O) groups is 1. The van der Waals surface area contributed by atoms with Crippen molar-refractivity contribution in [1.82, 2.24) is 4.98 Å². The molecule has 0 aliphatic carbocycles.